The number of rotatable bonds is 2. The zero-order chi connectivity index (χ0) is 12.7. The molecule has 3 heteroatoms. The maximum atomic E-state index is 2.66. The summed E-state index contributed by atoms with van der Waals surface area (Å²) in [5, 5.41) is 0. The Kier molecular flexibility index (Phi) is 7.09. The lowest BCUT2D eigenvalue weighted by Crippen LogP contribution is -2.47. The van der Waals surface area contributed by atoms with E-state index < -0.39 is 0 Å². The average Bonchev–Trinajstić information content (AvgIpc) is 2.37. The molecule has 0 amide bonds. The van der Waals surface area contributed by atoms with Gasteiger partial charge in [0.15, 0.2) is 0 Å². The number of likely N-dealkylation sites (tertiary alicyclic amines) is 1. The van der Waals surface area contributed by atoms with Crippen LogP contribution in [-0.2, 0) is 0 Å². The van der Waals surface area contributed by atoms with Crippen molar-refractivity contribution in [1.82, 2.24) is 14.7 Å². The third-order valence-corrected chi connectivity index (χ3v) is 3.95. The van der Waals surface area contributed by atoms with Crippen LogP contribution in [0.4, 0.5) is 0 Å². The van der Waals surface area contributed by atoms with Crippen LogP contribution in [0.25, 0.3) is 0 Å². The predicted octanol–water partition coefficient (Wildman–Crippen LogP) is 1.60. The van der Waals surface area contributed by atoms with Gasteiger partial charge in [-0.15, -0.1) is 0 Å². The highest BCUT2D eigenvalue weighted by molar-refractivity contribution is 4.76. The highest BCUT2D eigenvalue weighted by Gasteiger charge is 2.21. The minimum atomic E-state index is 0.963. The van der Waals surface area contributed by atoms with Crippen LogP contribution >= 0.6 is 0 Å². The van der Waals surface area contributed by atoms with Gasteiger partial charge in [0.25, 0.3) is 0 Å². The lowest BCUT2D eigenvalue weighted by atomic mass is 9.96. The van der Waals surface area contributed by atoms with Crippen LogP contribution in [0.3, 0.4) is 0 Å². The number of nitrogens with zero attached hydrogens (tertiary/aromatic N) is 3. The minimum absolute atomic E-state index is 0.963. The van der Waals surface area contributed by atoms with Gasteiger partial charge in [-0.25, -0.2) is 0 Å². The van der Waals surface area contributed by atoms with Gasteiger partial charge < -0.3 is 14.7 Å². The van der Waals surface area contributed by atoms with Crippen molar-refractivity contribution in [3.63, 3.8) is 0 Å². The Balaban J connectivity index is 0.000000686. The maximum Gasteiger partial charge on any atom is 0.0110 e. The second-order valence-electron chi connectivity index (χ2n) is 5.35. The summed E-state index contributed by atoms with van der Waals surface area (Å²) in [4.78, 5) is 7.56. The summed E-state index contributed by atoms with van der Waals surface area (Å²) in [6.07, 6.45) is 2.81. The van der Waals surface area contributed by atoms with Gasteiger partial charge in [-0.2, -0.15) is 0 Å². The molecule has 0 radical (unpaired) electrons. The molecule has 0 saturated carbocycles. The van der Waals surface area contributed by atoms with Crippen molar-refractivity contribution in [2.45, 2.75) is 26.7 Å². The van der Waals surface area contributed by atoms with Crippen LogP contribution in [0, 0.1) is 5.92 Å². The molecule has 0 unspecified atom stereocenters. The lowest BCUT2D eigenvalue weighted by Gasteiger charge is -2.37. The first-order valence-electron chi connectivity index (χ1n) is 7.33. The summed E-state index contributed by atoms with van der Waals surface area (Å²) in [7, 11) is 4.47. The molecule has 2 aliphatic heterocycles. The first kappa shape index (κ1) is 14.9. The van der Waals surface area contributed by atoms with E-state index in [0.29, 0.717) is 0 Å². The smallest absolute Gasteiger partial charge is 0.0110 e. The lowest BCUT2D eigenvalue weighted by molar-refractivity contribution is 0.112. The monoisotopic (exact) mass is 241 g/mol. The van der Waals surface area contributed by atoms with E-state index in [1.807, 2.05) is 13.8 Å². The van der Waals surface area contributed by atoms with Crippen LogP contribution in [-0.4, -0.2) is 74.6 Å². The molecule has 2 aliphatic rings. The van der Waals surface area contributed by atoms with Crippen LogP contribution in [0.5, 0.6) is 0 Å². The fourth-order valence-electron chi connectivity index (χ4n) is 2.64. The average molecular weight is 241 g/mol. The van der Waals surface area contributed by atoms with Gasteiger partial charge in [0, 0.05) is 32.7 Å². The molecule has 0 N–H and O–H groups in total. The van der Waals surface area contributed by atoms with E-state index in [4.69, 9.17) is 0 Å². The second kappa shape index (κ2) is 8.06. The molecular formula is C14H31N3. The molecule has 2 fully saturated rings. The number of hydrogen-bond acceptors (Lipinski definition) is 3. The van der Waals surface area contributed by atoms with E-state index in [1.165, 1.54) is 58.7 Å². The van der Waals surface area contributed by atoms with Gasteiger partial charge >= 0.3 is 0 Å². The van der Waals surface area contributed by atoms with Gasteiger partial charge in [-0.05, 0) is 45.9 Å². The Morgan fingerprint density at radius 1 is 0.765 bits per heavy atom. The molecule has 0 atom stereocenters. The zero-order valence-electron chi connectivity index (χ0n) is 12.3. The topological polar surface area (TPSA) is 9.72 Å². The highest BCUT2D eigenvalue weighted by atomic mass is 15.2. The summed E-state index contributed by atoms with van der Waals surface area (Å²) in [6.45, 7) is 13.0. The third kappa shape index (κ3) is 5.36. The van der Waals surface area contributed by atoms with Crippen LogP contribution in [0.1, 0.15) is 26.7 Å². The Bertz CT molecular complexity index is 160. The Hall–Kier alpha value is -0.120. The molecule has 2 rings (SSSR count). The number of piperazine rings is 1. The van der Waals surface area contributed by atoms with Crippen molar-refractivity contribution < 1.29 is 0 Å². The van der Waals surface area contributed by atoms with Crippen molar-refractivity contribution in [1.29, 1.82) is 0 Å². The van der Waals surface area contributed by atoms with Crippen molar-refractivity contribution in [3.8, 4) is 0 Å². The van der Waals surface area contributed by atoms with Crippen molar-refractivity contribution in [2.24, 2.45) is 5.92 Å². The Morgan fingerprint density at radius 2 is 1.24 bits per heavy atom. The summed E-state index contributed by atoms with van der Waals surface area (Å²) >= 11 is 0. The van der Waals surface area contributed by atoms with Gasteiger partial charge in [0.1, 0.15) is 0 Å². The van der Waals surface area contributed by atoms with Gasteiger partial charge in [0.2, 0.25) is 0 Å². The first-order valence-corrected chi connectivity index (χ1v) is 7.33. The van der Waals surface area contributed by atoms with Gasteiger partial charge in [0.05, 0.1) is 0 Å². The molecule has 0 bridgehead atoms. The van der Waals surface area contributed by atoms with E-state index in [-0.39, 0.29) is 0 Å². The molecule has 0 aromatic heterocycles. The van der Waals surface area contributed by atoms with Gasteiger partial charge in [-0.1, -0.05) is 13.8 Å². The van der Waals surface area contributed by atoms with Crippen molar-refractivity contribution >= 4 is 0 Å². The van der Waals surface area contributed by atoms with E-state index in [1.54, 1.807) is 0 Å². The fraction of sp³-hybridized carbons (Fsp3) is 1.00. The van der Waals surface area contributed by atoms with E-state index >= 15 is 0 Å². The number of piperidine rings is 1. The second-order valence-corrected chi connectivity index (χ2v) is 5.35. The van der Waals surface area contributed by atoms with E-state index in [9.17, 15) is 0 Å². The first-order chi connectivity index (χ1) is 8.24. The molecule has 17 heavy (non-hydrogen) atoms. The molecule has 0 aromatic carbocycles. The number of hydrogen-bond donors (Lipinski definition) is 0. The third-order valence-electron chi connectivity index (χ3n) is 3.95. The largest absolute Gasteiger partial charge is 0.306 e. The molecule has 0 aromatic rings. The zero-order valence-corrected chi connectivity index (χ0v) is 12.3. The summed E-state index contributed by atoms with van der Waals surface area (Å²) in [5.41, 5.74) is 0. The maximum absolute atomic E-state index is 2.66. The van der Waals surface area contributed by atoms with Gasteiger partial charge in [-0.3, -0.25) is 0 Å². The van der Waals surface area contributed by atoms with Crippen LogP contribution in [0.15, 0.2) is 0 Å². The number of likely N-dealkylation sites (N-methyl/N-ethyl adjacent to an activating group) is 1. The normalized spacial score (nSPS) is 25.4. The van der Waals surface area contributed by atoms with Crippen LogP contribution < -0.4 is 0 Å². The standard InChI is InChI=1S/C12H25N3.C2H6/c1-13-5-3-12(4-6-13)11-15-9-7-14(2)8-10-15;1-2/h12H,3-11H2,1-2H3;1-2H3. The molecule has 3 nitrogen and oxygen atoms in total. The summed E-state index contributed by atoms with van der Waals surface area (Å²) < 4.78 is 0. The molecule has 0 spiro atoms. The Labute approximate surface area is 108 Å². The molecule has 0 aliphatic carbocycles. The molecule has 102 valence electrons. The SMILES string of the molecule is CC.CN1CCC(CN2CCN(C)CC2)CC1. The molecule has 2 saturated heterocycles. The fourth-order valence-corrected chi connectivity index (χ4v) is 2.64. The van der Waals surface area contributed by atoms with E-state index in [0.717, 1.165) is 5.92 Å². The van der Waals surface area contributed by atoms with Crippen molar-refractivity contribution in [2.75, 3.05) is 59.9 Å². The quantitative estimate of drug-likeness (QED) is 0.727. The van der Waals surface area contributed by atoms with E-state index in [2.05, 4.69) is 28.8 Å². The predicted molar refractivity (Wildman–Crippen MR) is 75.5 cm³/mol. The molecule has 2 heterocycles. The molecular weight excluding hydrogens is 210 g/mol. The minimum Gasteiger partial charge on any atom is -0.306 e. The Morgan fingerprint density at radius 3 is 1.76 bits per heavy atom. The summed E-state index contributed by atoms with van der Waals surface area (Å²) in [6, 6.07) is 0. The van der Waals surface area contributed by atoms with Crippen LogP contribution in [0.2, 0.25) is 0 Å². The summed E-state index contributed by atoms with van der Waals surface area (Å²) in [5.74, 6) is 0.963. The van der Waals surface area contributed by atoms with Crippen molar-refractivity contribution in [3.05, 3.63) is 0 Å². The highest BCUT2D eigenvalue weighted by Crippen LogP contribution is 2.17.